The molecule has 2 amide bonds. The third kappa shape index (κ3) is 2.48. The minimum Gasteiger partial charge on any atom is -0.394 e. The molecule has 2 saturated heterocycles. The summed E-state index contributed by atoms with van der Waals surface area (Å²) in [5.74, 6) is 0. The average molecular weight is 226 g/mol. The molecule has 0 aromatic carbocycles. The van der Waals surface area contributed by atoms with Gasteiger partial charge in [-0.05, 0) is 25.7 Å². The van der Waals surface area contributed by atoms with Gasteiger partial charge in [0.25, 0.3) is 0 Å². The number of hydrogen-bond acceptors (Lipinski definition) is 2. The fourth-order valence-corrected chi connectivity index (χ4v) is 2.72. The Bertz CT molecular complexity index is 237. The lowest BCUT2D eigenvalue weighted by atomic mass is 10.2. The fraction of sp³-hybridized carbons (Fsp3) is 0.917. The van der Waals surface area contributed by atoms with Gasteiger partial charge in [0.15, 0.2) is 0 Å². The maximum Gasteiger partial charge on any atom is 0.320 e. The molecule has 2 heterocycles. The lowest BCUT2D eigenvalue weighted by molar-refractivity contribution is 0.126. The van der Waals surface area contributed by atoms with Crippen LogP contribution in [0.1, 0.15) is 38.5 Å². The van der Waals surface area contributed by atoms with Crippen molar-refractivity contribution in [3.8, 4) is 0 Å². The smallest absolute Gasteiger partial charge is 0.320 e. The number of aliphatic hydroxyl groups excluding tert-OH is 1. The number of nitrogens with zero attached hydrogens (tertiary/aromatic N) is 2. The Hall–Kier alpha value is -0.770. The Morgan fingerprint density at radius 3 is 2.38 bits per heavy atom. The summed E-state index contributed by atoms with van der Waals surface area (Å²) in [7, 11) is 0. The monoisotopic (exact) mass is 226 g/mol. The van der Waals surface area contributed by atoms with Crippen molar-refractivity contribution in [1.29, 1.82) is 0 Å². The van der Waals surface area contributed by atoms with Crippen LogP contribution in [0.25, 0.3) is 0 Å². The second-order valence-electron chi connectivity index (χ2n) is 4.86. The molecule has 0 aromatic rings. The molecule has 0 spiro atoms. The van der Waals surface area contributed by atoms with E-state index in [1.54, 1.807) is 0 Å². The van der Waals surface area contributed by atoms with Gasteiger partial charge in [-0.15, -0.1) is 0 Å². The van der Waals surface area contributed by atoms with Crippen LogP contribution in [0.5, 0.6) is 0 Å². The minimum absolute atomic E-state index is 0.0655. The van der Waals surface area contributed by atoms with Gasteiger partial charge in [-0.1, -0.05) is 12.8 Å². The van der Waals surface area contributed by atoms with E-state index in [2.05, 4.69) is 0 Å². The topological polar surface area (TPSA) is 43.8 Å². The van der Waals surface area contributed by atoms with Gasteiger partial charge in [-0.2, -0.15) is 0 Å². The van der Waals surface area contributed by atoms with Crippen molar-refractivity contribution in [2.24, 2.45) is 0 Å². The summed E-state index contributed by atoms with van der Waals surface area (Å²) >= 11 is 0. The van der Waals surface area contributed by atoms with E-state index in [4.69, 9.17) is 0 Å². The van der Waals surface area contributed by atoms with Crippen molar-refractivity contribution in [2.75, 3.05) is 26.2 Å². The third-order valence-electron chi connectivity index (χ3n) is 3.71. The largest absolute Gasteiger partial charge is 0.394 e. The summed E-state index contributed by atoms with van der Waals surface area (Å²) in [5, 5.41) is 9.23. The van der Waals surface area contributed by atoms with E-state index in [0.717, 1.165) is 45.3 Å². The average Bonchev–Trinajstić information content (AvgIpc) is 2.61. The van der Waals surface area contributed by atoms with Crippen molar-refractivity contribution in [3.63, 3.8) is 0 Å². The van der Waals surface area contributed by atoms with E-state index in [-0.39, 0.29) is 18.7 Å². The Morgan fingerprint density at radius 1 is 1.06 bits per heavy atom. The van der Waals surface area contributed by atoms with E-state index in [1.807, 2.05) is 9.80 Å². The SMILES string of the molecule is O=C(N1CCCCCC1)N1CCC[C@@H]1CO. The van der Waals surface area contributed by atoms with Gasteiger partial charge in [0.1, 0.15) is 0 Å². The fourth-order valence-electron chi connectivity index (χ4n) is 2.72. The highest BCUT2D eigenvalue weighted by atomic mass is 16.3. The van der Waals surface area contributed by atoms with Crippen LogP contribution in [0, 0.1) is 0 Å². The van der Waals surface area contributed by atoms with Gasteiger partial charge >= 0.3 is 6.03 Å². The van der Waals surface area contributed by atoms with Gasteiger partial charge in [0.2, 0.25) is 0 Å². The highest BCUT2D eigenvalue weighted by Gasteiger charge is 2.31. The third-order valence-corrected chi connectivity index (χ3v) is 3.71. The maximum absolute atomic E-state index is 12.3. The number of amides is 2. The van der Waals surface area contributed by atoms with Crippen LogP contribution in [-0.4, -0.2) is 53.2 Å². The molecule has 0 radical (unpaired) electrons. The summed E-state index contributed by atoms with van der Waals surface area (Å²) in [6, 6.07) is 0.217. The summed E-state index contributed by atoms with van der Waals surface area (Å²) in [5.41, 5.74) is 0. The summed E-state index contributed by atoms with van der Waals surface area (Å²) in [4.78, 5) is 16.1. The summed E-state index contributed by atoms with van der Waals surface area (Å²) < 4.78 is 0. The summed E-state index contributed by atoms with van der Waals surface area (Å²) in [6.07, 6.45) is 6.73. The molecule has 0 unspecified atom stereocenters. The Labute approximate surface area is 97.2 Å². The number of carbonyl (C=O) groups excluding carboxylic acids is 1. The first-order valence-electron chi connectivity index (χ1n) is 6.49. The number of carbonyl (C=O) groups is 1. The number of aliphatic hydroxyl groups is 1. The minimum atomic E-state index is 0.0655. The quantitative estimate of drug-likeness (QED) is 0.735. The molecule has 0 saturated carbocycles. The molecule has 0 aromatic heterocycles. The van der Waals surface area contributed by atoms with E-state index in [9.17, 15) is 9.90 Å². The van der Waals surface area contributed by atoms with E-state index < -0.39 is 0 Å². The predicted molar refractivity (Wildman–Crippen MR) is 62.3 cm³/mol. The number of hydrogen-bond donors (Lipinski definition) is 1. The van der Waals surface area contributed by atoms with Crippen LogP contribution in [0.3, 0.4) is 0 Å². The molecule has 1 atom stereocenters. The van der Waals surface area contributed by atoms with Gasteiger partial charge < -0.3 is 14.9 Å². The molecular formula is C12H22N2O2. The molecule has 2 aliphatic heterocycles. The van der Waals surface area contributed by atoms with Crippen molar-refractivity contribution in [1.82, 2.24) is 9.80 Å². The molecule has 16 heavy (non-hydrogen) atoms. The molecule has 2 rings (SSSR count). The van der Waals surface area contributed by atoms with Gasteiger partial charge in [-0.25, -0.2) is 4.79 Å². The van der Waals surface area contributed by atoms with Crippen molar-refractivity contribution < 1.29 is 9.90 Å². The zero-order valence-electron chi connectivity index (χ0n) is 9.90. The second kappa shape index (κ2) is 5.53. The zero-order chi connectivity index (χ0) is 11.4. The first kappa shape index (κ1) is 11.7. The normalized spacial score (nSPS) is 26.9. The van der Waals surface area contributed by atoms with E-state index in [1.165, 1.54) is 12.8 Å². The Kier molecular flexibility index (Phi) is 4.04. The second-order valence-corrected chi connectivity index (χ2v) is 4.86. The zero-order valence-corrected chi connectivity index (χ0v) is 9.90. The number of rotatable bonds is 1. The maximum atomic E-state index is 12.3. The van der Waals surface area contributed by atoms with Crippen LogP contribution in [0.4, 0.5) is 4.79 Å². The van der Waals surface area contributed by atoms with E-state index >= 15 is 0 Å². The van der Waals surface area contributed by atoms with Gasteiger partial charge in [0.05, 0.1) is 12.6 Å². The van der Waals surface area contributed by atoms with Crippen LogP contribution >= 0.6 is 0 Å². The lowest BCUT2D eigenvalue weighted by Crippen LogP contribution is -2.46. The molecule has 0 aliphatic carbocycles. The number of likely N-dealkylation sites (tertiary alicyclic amines) is 2. The van der Waals surface area contributed by atoms with Crippen LogP contribution in [-0.2, 0) is 0 Å². The molecule has 1 N–H and O–H groups in total. The van der Waals surface area contributed by atoms with Gasteiger partial charge in [-0.3, -0.25) is 0 Å². The molecule has 92 valence electrons. The lowest BCUT2D eigenvalue weighted by Gasteiger charge is -2.30. The van der Waals surface area contributed by atoms with Gasteiger partial charge in [0, 0.05) is 19.6 Å². The van der Waals surface area contributed by atoms with E-state index in [0.29, 0.717) is 0 Å². The highest BCUT2D eigenvalue weighted by molar-refractivity contribution is 5.75. The van der Waals surface area contributed by atoms with Crippen LogP contribution in [0.2, 0.25) is 0 Å². The van der Waals surface area contributed by atoms with Crippen molar-refractivity contribution in [3.05, 3.63) is 0 Å². The summed E-state index contributed by atoms with van der Waals surface area (Å²) in [6.45, 7) is 2.72. The van der Waals surface area contributed by atoms with Crippen molar-refractivity contribution in [2.45, 2.75) is 44.6 Å². The molecule has 2 aliphatic rings. The van der Waals surface area contributed by atoms with Crippen LogP contribution in [0.15, 0.2) is 0 Å². The first-order chi connectivity index (χ1) is 7.83. The van der Waals surface area contributed by atoms with Crippen LogP contribution < -0.4 is 0 Å². The molecular weight excluding hydrogens is 204 g/mol. The molecule has 2 fully saturated rings. The first-order valence-corrected chi connectivity index (χ1v) is 6.49. The Balaban J connectivity index is 1.94. The predicted octanol–water partition coefficient (Wildman–Crippen LogP) is 1.44. The Morgan fingerprint density at radius 2 is 1.75 bits per heavy atom. The molecule has 0 bridgehead atoms. The van der Waals surface area contributed by atoms with Crippen molar-refractivity contribution >= 4 is 6.03 Å². The number of urea groups is 1. The standard InChI is InChI=1S/C12H22N2O2/c15-10-11-6-5-9-14(11)12(16)13-7-3-1-2-4-8-13/h11,15H,1-10H2/t11-/m1/s1. The highest BCUT2D eigenvalue weighted by Crippen LogP contribution is 2.20. The molecule has 4 heteroatoms. The molecule has 4 nitrogen and oxygen atoms in total.